The Bertz CT molecular complexity index is 1120. The lowest BCUT2D eigenvalue weighted by Gasteiger charge is -2.29. The fourth-order valence-corrected chi connectivity index (χ4v) is 3.72. The number of pyridine rings is 1. The summed E-state index contributed by atoms with van der Waals surface area (Å²) in [5, 5.41) is 2.86. The molecule has 0 radical (unpaired) electrons. The van der Waals surface area contributed by atoms with Crippen molar-refractivity contribution < 1.29 is 23.5 Å². The number of nitrogens with zero attached hydrogens (tertiary/aromatic N) is 2. The summed E-state index contributed by atoms with van der Waals surface area (Å²) in [5.74, 6) is 0.140. The molecular formula is C25H24FN3O4. The van der Waals surface area contributed by atoms with Crippen LogP contribution in [-0.2, 0) is 6.42 Å². The van der Waals surface area contributed by atoms with Gasteiger partial charge in [0.15, 0.2) is 11.5 Å². The lowest BCUT2D eigenvalue weighted by Crippen LogP contribution is -2.41. The predicted octanol–water partition coefficient (Wildman–Crippen LogP) is 3.45. The molecule has 2 heterocycles. The van der Waals surface area contributed by atoms with Crippen LogP contribution in [0.4, 0.5) is 4.39 Å². The highest BCUT2D eigenvalue weighted by atomic mass is 19.1. The van der Waals surface area contributed by atoms with Gasteiger partial charge in [-0.05, 0) is 54.8 Å². The van der Waals surface area contributed by atoms with Gasteiger partial charge >= 0.3 is 0 Å². The van der Waals surface area contributed by atoms with E-state index in [9.17, 15) is 14.0 Å². The average molecular weight is 449 g/mol. The fourth-order valence-electron chi connectivity index (χ4n) is 3.72. The van der Waals surface area contributed by atoms with E-state index >= 15 is 0 Å². The van der Waals surface area contributed by atoms with Gasteiger partial charge in [0, 0.05) is 25.8 Å². The average Bonchev–Trinajstić information content (AvgIpc) is 3.33. The number of hydrogen-bond acceptors (Lipinski definition) is 5. The molecule has 8 heteroatoms. The van der Waals surface area contributed by atoms with Crippen molar-refractivity contribution in [2.24, 2.45) is 0 Å². The molecule has 0 fully saturated rings. The van der Waals surface area contributed by atoms with Crippen molar-refractivity contribution >= 4 is 11.8 Å². The van der Waals surface area contributed by atoms with Crippen molar-refractivity contribution in [1.82, 2.24) is 15.2 Å². The maximum Gasteiger partial charge on any atom is 0.269 e. The molecule has 170 valence electrons. The highest BCUT2D eigenvalue weighted by Gasteiger charge is 2.27. The van der Waals surface area contributed by atoms with Gasteiger partial charge in [-0.1, -0.05) is 24.3 Å². The number of nitrogens with one attached hydrogen (secondary N) is 1. The van der Waals surface area contributed by atoms with Crippen LogP contribution in [0.25, 0.3) is 0 Å². The zero-order chi connectivity index (χ0) is 23.2. The molecule has 3 aromatic rings. The molecule has 7 nitrogen and oxygen atoms in total. The lowest BCUT2D eigenvalue weighted by atomic mass is 10.0. The van der Waals surface area contributed by atoms with Crippen molar-refractivity contribution in [3.8, 4) is 11.5 Å². The number of amides is 2. The maximum atomic E-state index is 13.4. The van der Waals surface area contributed by atoms with Gasteiger partial charge in [0.05, 0.1) is 5.56 Å². The minimum atomic E-state index is -0.320. The van der Waals surface area contributed by atoms with Gasteiger partial charge < -0.3 is 19.7 Å². The van der Waals surface area contributed by atoms with Crippen LogP contribution in [0.2, 0.25) is 0 Å². The minimum Gasteiger partial charge on any atom is -0.454 e. The van der Waals surface area contributed by atoms with E-state index in [1.54, 1.807) is 66.7 Å². The van der Waals surface area contributed by atoms with Crippen LogP contribution in [0.1, 0.15) is 32.8 Å². The zero-order valence-corrected chi connectivity index (χ0v) is 18.2. The van der Waals surface area contributed by atoms with Gasteiger partial charge in [0.25, 0.3) is 11.8 Å². The SMILES string of the molecule is CN(C(=O)c1cccc2c1OCO2)C(CCNC(=O)c1ccccn1)Cc1ccc(F)cc1. The molecule has 1 atom stereocenters. The van der Waals surface area contributed by atoms with Crippen LogP contribution < -0.4 is 14.8 Å². The molecule has 0 aliphatic carbocycles. The quantitative estimate of drug-likeness (QED) is 0.570. The summed E-state index contributed by atoms with van der Waals surface area (Å²) in [5.41, 5.74) is 1.62. The predicted molar refractivity (Wildman–Crippen MR) is 120 cm³/mol. The third kappa shape index (κ3) is 5.28. The monoisotopic (exact) mass is 449 g/mol. The summed E-state index contributed by atoms with van der Waals surface area (Å²) in [6, 6.07) is 16.3. The molecule has 0 saturated heterocycles. The number of aromatic nitrogens is 1. The molecule has 1 aromatic heterocycles. The number of hydrogen-bond donors (Lipinski definition) is 1. The number of likely N-dealkylation sites (N-methyl/N-ethyl adjacent to an activating group) is 1. The van der Waals surface area contributed by atoms with Crippen molar-refractivity contribution in [2.75, 3.05) is 20.4 Å². The van der Waals surface area contributed by atoms with Crippen molar-refractivity contribution in [3.05, 3.63) is 89.5 Å². The maximum absolute atomic E-state index is 13.4. The van der Waals surface area contributed by atoms with Crippen LogP contribution in [0.5, 0.6) is 11.5 Å². The van der Waals surface area contributed by atoms with Crippen LogP contribution in [-0.4, -0.2) is 48.1 Å². The Morgan fingerprint density at radius 1 is 1.09 bits per heavy atom. The Morgan fingerprint density at radius 3 is 2.67 bits per heavy atom. The Hall–Kier alpha value is -3.94. The van der Waals surface area contributed by atoms with Gasteiger partial charge in [-0.3, -0.25) is 14.6 Å². The first-order valence-electron chi connectivity index (χ1n) is 10.6. The third-order valence-corrected chi connectivity index (χ3v) is 5.54. The summed E-state index contributed by atoms with van der Waals surface area (Å²) < 4.78 is 24.3. The van der Waals surface area contributed by atoms with Crippen molar-refractivity contribution in [2.45, 2.75) is 18.9 Å². The molecule has 0 spiro atoms. The second-order valence-corrected chi connectivity index (χ2v) is 7.70. The van der Waals surface area contributed by atoms with E-state index in [0.29, 0.717) is 42.1 Å². The highest BCUT2D eigenvalue weighted by Crippen LogP contribution is 2.36. The smallest absolute Gasteiger partial charge is 0.269 e. The van der Waals surface area contributed by atoms with Crippen LogP contribution in [0, 0.1) is 5.82 Å². The molecule has 2 amide bonds. The van der Waals surface area contributed by atoms with Gasteiger partial charge in [-0.25, -0.2) is 4.39 Å². The van der Waals surface area contributed by atoms with E-state index < -0.39 is 0 Å². The van der Waals surface area contributed by atoms with Crippen LogP contribution in [0.15, 0.2) is 66.9 Å². The molecule has 1 aliphatic heterocycles. The summed E-state index contributed by atoms with van der Waals surface area (Å²) >= 11 is 0. The number of carbonyl (C=O) groups is 2. The lowest BCUT2D eigenvalue weighted by molar-refractivity contribution is 0.0718. The zero-order valence-electron chi connectivity index (χ0n) is 18.2. The van der Waals surface area contributed by atoms with Crippen molar-refractivity contribution in [1.29, 1.82) is 0 Å². The molecule has 33 heavy (non-hydrogen) atoms. The Labute approximate surface area is 191 Å². The van der Waals surface area contributed by atoms with E-state index in [1.807, 2.05) is 0 Å². The second-order valence-electron chi connectivity index (χ2n) is 7.70. The largest absolute Gasteiger partial charge is 0.454 e. The van der Waals surface area contributed by atoms with Crippen LogP contribution >= 0.6 is 0 Å². The number of para-hydroxylation sites is 1. The second kappa shape index (κ2) is 10.1. The Morgan fingerprint density at radius 2 is 1.91 bits per heavy atom. The fraction of sp³-hybridized carbons (Fsp3) is 0.240. The molecule has 1 N–H and O–H groups in total. The number of halogens is 1. The molecule has 0 saturated carbocycles. The van der Waals surface area contributed by atoms with E-state index in [2.05, 4.69) is 10.3 Å². The van der Waals surface area contributed by atoms with Gasteiger partial charge in [0.2, 0.25) is 6.79 Å². The topological polar surface area (TPSA) is 80.8 Å². The van der Waals surface area contributed by atoms with Gasteiger partial charge in [0.1, 0.15) is 11.5 Å². The third-order valence-electron chi connectivity index (χ3n) is 5.54. The molecule has 1 aliphatic rings. The molecule has 4 rings (SSSR count). The normalized spacial score (nSPS) is 12.8. The summed E-state index contributed by atoms with van der Waals surface area (Å²) in [6.07, 6.45) is 2.54. The first-order valence-corrected chi connectivity index (χ1v) is 10.6. The summed E-state index contributed by atoms with van der Waals surface area (Å²) in [4.78, 5) is 31.4. The van der Waals surface area contributed by atoms with E-state index in [1.165, 1.54) is 12.1 Å². The van der Waals surface area contributed by atoms with E-state index in [4.69, 9.17) is 9.47 Å². The number of fused-ring (bicyclic) bond motifs is 1. The number of rotatable bonds is 8. The standard InChI is InChI=1S/C25H24FN3O4/c1-29(25(31)20-5-4-7-22-23(20)33-16-32-22)19(15-17-8-10-18(26)11-9-17)12-14-28-24(30)21-6-2-3-13-27-21/h2-11,13,19H,12,14-16H2,1H3,(H,28,30). The van der Waals surface area contributed by atoms with Gasteiger partial charge in [-0.15, -0.1) is 0 Å². The highest BCUT2D eigenvalue weighted by molar-refractivity contribution is 5.98. The molecular weight excluding hydrogens is 425 g/mol. The summed E-state index contributed by atoms with van der Waals surface area (Å²) in [6.45, 7) is 0.410. The first kappa shape index (κ1) is 22.3. The number of carbonyl (C=O) groups excluding carboxylic acids is 2. The molecule has 2 aromatic carbocycles. The van der Waals surface area contributed by atoms with E-state index in [0.717, 1.165) is 5.56 Å². The van der Waals surface area contributed by atoms with Gasteiger partial charge in [-0.2, -0.15) is 0 Å². The first-order chi connectivity index (χ1) is 16.0. The molecule has 1 unspecified atom stereocenters. The Kier molecular flexibility index (Phi) is 6.83. The van der Waals surface area contributed by atoms with Crippen molar-refractivity contribution in [3.63, 3.8) is 0 Å². The minimum absolute atomic E-state index is 0.0713. The summed E-state index contributed by atoms with van der Waals surface area (Å²) in [7, 11) is 1.71. The molecule has 0 bridgehead atoms. The van der Waals surface area contributed by atoms with Crippen LogP contribution in [0.3, 0.4) is 0 Å². The number of ether oxygens (including phenoxy) is 2. The number of benzene rings is 2. The van der Waals surface area contributed by atoms with E-state index in [-0.39, 0.29) is 30.5 Å². The Balaban J connectivity index is 1.49.